The molecule has 63 heavy (non-hydrogen) atoms. The molecule has 4 aliphatic rings. The molecule has 4 bridgehead atoms. The summed E-state index contributed by atoms with van der Waals surface area (Å²) < 4.78 is 15.5. The van der Waals surface area contributed by atoms with E-state index in [1.54, 1.807) is 35.3 Å². The van der Waals surface area contributed by atoms with E-state index >= 15 is 0 Å². The number of hydrogen-bond acceptors (Lipinski definition) is 13. The first-order chi connectivity index (χ1) is 30.5. The van der Waals surface area contributed by atoms with Crippen LogP contribution < -0.4 is 25.0 Å². The monoisotopic (exact) mass is 997 g/mol. The van der Waals surface area contributed by atoms with Gasteiger partial charge in [0, 0.05) is 73.9 Å². The number of fused-ring (bicyclic) bond motifs is 4. The van der Waals surface area contributed by atoms with Gasteiger partial charge >= 0.3 is 12.0 Å². The summed E-state index contributed by atoms with van der Waals surface area (Å²) in [6.07, 6.45) is 9.44. The molecule has 0 radical (unpaired) electrons. The van der Waals surface area contributed by atoms with Gasteiger partial charge in [-0.2, -0.15) is 25.3 Å². The molecule has 10 rings (SSSR count). The zero-order valence-electron chi connectivity index (χ0n) is 34.8. The van der Waals surface area contributed by atoms with Crippen LogP contribution in [0.2, 0.25) is 20.4 Å². The largest absolute Gasteiger partial charge is 0.424 e. The third-order valence-corrected chi connectivity index (χ3v) is 13.4. The second kappa shape index (κ2) is 20.7. The molecule has 2 saturated heterocycles. The highest BCUT2D eigenvalue weighted by molar-refractivity contribution is 9.10. The fourth-order valence-electron chi connectivity index (χ4n) is 9.17. The highest BCUT2D eigenvalue weighted by Crippen LogP contribution is 2.45. The van der Waals surface area contributed by atoms with Gasteiger partial charge in [0.05, 0.1) is 23.8 Å². The zero-order valence-corrected chi connectivity index (χ0v) is 39.4. The molecule has 2 saturated carbocycles. The van der Waals surface area contributed by atoms with Crippen LogP contribution in [-0.2, 0) is 19.5 Å². The number of piperidine rings is 2. The van der Waals surface area contributed by atoms with Gasteiger partial charge in [0.25, 0.3) is 0 Å². The Balaban J connectivity index is 0.000000143. The van der Waals surface area contributed by atoms with Crippen LogP contribution in [0.1, 0.15) is 45.4 Å². The lowest BCUT2D eigenvalue weighted by molar-refractivity contribution is 0.265. The summed E-state index contributed by atoms with van der Waals surface area (Å²) in [4.78, 5) is 13.6. The van der Waals surface area contributed by atoms with E-state index in [0.717, 1.165) is 49.8 Å². The van der Waals surface area contributed by atoms with Crippen molar-refractivity contribution in [1.82, 2.24) is 49.9 Å². The molecule has 15 nitrogen and oxygen atoms in total. The zero-order chi connectivity index (χ0) is 44.0. The molecule has 2 aliphatic carbocycles. The Morgan fingerprint density at radius 3 is 1.62 bits per heavy atom. The SMILES string of the molecule is CCn1nc(Br)nc1Oc1cccc(Cl)c1.CCn1nc(CC2C3CCC2CN(c2cnnc(Cl)c2)C3)nc1Oc1cccc(Cl)c1.NC1C2CCC1CN(c1cnnc(Cl)c1)C2. The van der Waals surface area contributed by atoms with Gasteiger partial charge in [-0.15, -0.1) is 15.3 Å². The maximum Gasteiger partial charge on any atom is 0.321 e. The molecular formula is C43H48BrCl4N13O2. The van der Waals surface area contributed by atoms with Gasteiger partial charge in [0.2, 0.25) is 4.73 Å². The van der Waals surface area contributed by atoms with Crippen LogP contribution in [0.5, 0.6) is 23.5 Å². The van der Waals surface area contributed by atoms with Gasteiger partial charge in [-0.05, 0) is 121 Å². The maximum absolute atomic E-state index is 6.17. The van der Waals surface area contributed by atoms with Gasteiger partial charge in [-0.25, -0.2) is 9.36 Å². The molecule has 4 aromatic heterocycles. The first-order valence-corrected chi connectivity index (χ1v) is 23.4. The molecule has 4 fully saturated rings. The minimum Gasteiger partial charge on any atom is -0.424 e. The second-order valence-electron chi connectivity index (χ2n) is 16.1. The second-order valence-corrected chi connectivity index (χ2v) is 18.5. The number of aryl methyl sites for hydroxylation is 2. The summed E-state index contributed by atoms with van der Waals surface area (Å²) in [6.45, 7) is 9.45. The number of aromatic nitrogens is 10. The van der Waals surface area contributed by atoms with Crippen LogP contribution in [0.15, 0.2) is 77.8 Å². The number of nitrogens with zero attached hydrogens (tertiary/aromatic N) is 12. The molecule has 6 heterocycles. The van der Waals surface area contributed by atoms with E-state index in [0.29, 0.717) is 97.3 Å². The van der Waals surface area contributed by atoms with Gasteiger partial charge in [-0.3, -0.25) is 0 Å². The van der Waals surface area contributed by atoms with Crippen molar-refractivity contribution in [1.29, 1.82) is 0 Å². The Morgan fingerprint density at radius 2 is 1.13 bits per heavy atom. The number of ether oxygens (including phenoxy) is 2. The quantitative estimate of drug-likeness (QED) is 0.138. The van der Waals surface area contributed by atoms with E-state index in [-0.39, 0.29) is 0 Å². The number of hydrogen-bond donors (Lipinski definition) is 1. The third-order valence-electron chi connectivity index (χ3n) is 12.2. The Kier molecular flexibility index (Phi) is 14.8. The summed E-state index contributed by atoms with van der Waals surface area (Å²) in [5.74, 6) is 5.21. The Labute approximate surface area is 394 Å². The van der Waals surface area contributed by atoms with E-state index in [2.05, 4.69) is 56.2 Å². The summed E-state index contributed by atoms with van der Waals surface area (Å²) in [5.41, 5.74) is 8.30. The summed E-state index contributed by atoms with van der Waals surface area (Å²) in [7, 11) is 0. The lowest BCUT2D eigenvalue weighted by atomic mass is 9.82. The van der Waals surface area contributed by atoms with Crippen molar-refractivity contribution in [2.24, 2.45) is 35.3 Å². The lowest BCUT2D eigenvalue weighted by Crippen LogP contribution is -2.48. The van der Waals surface area contributed by atoms with Gasteiger partial charge in [0.15, 0.2) is 16.1 Å². The summed E-state index contributed by atoms with van der Waals surface area (Å²) in [5, 5.41) is 26.5. The standard InChI is InChI=1S/C22H24Cl2N6O.C11H15ClN4.C10H9BrClN3O/c1-2-30-22(31-18-5-3-4-16(23)8-18)26-21(28-30)10-19-14-6-7-15(19)13-29(12-14)17-9-20(24)27-25-11-17;12-10-3-9(4-14-15-10)16-5-7-1-2-8(6-16)11(7)13;1-2-15-10(13-9(11)14-15)16-8-5-3-4-7(12)6-8/h3-5,8-9,11,14-15,19H,2,6-7,10,12-13H2,1H3;3-4,7-8,11H,1-2,5-6,13H2;3-6H,2H2,1H3. The van der Waals surface area contributed by atoms with Crippen molar-refractivity contribution < 1.29 is 9.47 Å². The average Bonchev–Trinajstić information content (AvgIpc) is 3.94. The van der Waals surface area contributed by atoms with E-state index in [4.69, 9.17) is 71.7 Å². The van der Waals surface area contributed by atoms with Crippen molar-refractivity contribution in [3.05, 3.63) is 104 Å². The van der Waals surface area contributed by atoms with E-state index in [1.165, 1.54) is 25.7 Å². The first kappa shape index (κ1) is 45.3. The van der Waals surface area contributed by atoms with Crippen molar-refractivity contribution in [3.63, 3.8) is 0 Å². The highest BCUT2D eigenvalue weighted by atomic mass is 79.9. The number of rotatable bonds is 10. The number of nitrogens with two attached hydrogens (primary N) is 1. The number of anilines is 2. The predicted octanol–water partition coefficient (Wildman–Crippen LogP) is 9.70. The fraction of sp³-hybridized carbons (Fsp3) is 0.442. The third kappa shape index (κ3) is 11.3. The topological polar surface area (TPSA) is 164 Å². The van der Waals surface area contributed by atoms with Crippen LogP contribution in [0.3, 0.4) is 0 Å². The molecule has 20 heteroatoms. The molecule has 4 atom stereocenters. The van der Waals surface area contributed by atoms with Crippen LogP contribution in [0.4, 0.5) is 11.4 Å². The van der Waals surface area contributed by atoms with Gasteiger partial charge in [0.1, 0.15) is 11.5 Å². The summed E-state index contributed by atoms with van der Waals surface area (Å²) in [6, 6.07) is 19.6. The van der Waals surface area contributed by atoms with Crippen molar-refractivity contribution >= 4 is 73.7 Å². The Hall–Kier alpha value is -4.32. The normalized spacial score (nSPS) is 22.2. The van der Waals surface area contributed by atoms with Crippen molar-refractivity contribution in [2.45, 2.75) is 65.1 Å². The smallest absolute Gasteiger partial charge is 0.321 e. The predicted molar refractivity (Wildman–Crippen MR) is 248 cm³/mol. The van der Waals surface area contributed by atoms with E-state index in [1.807, 2.05) is 61.0 Å². The highest BCUT2D eigenvalue weighted by Gasteiger charge is 2.43. The molecule has 2 aliphatic heterocycles. The Morgan fingerprint density at radius 1 is 0.651 bits per heavy atom. The summed E-state index contributed by atoms with van der Waals surface area (Å²) >= 11 is 27.0. The van der Waals surface area contributed by atoms with Crippen molar-refractivity contribution in [3.8, 4) is 23.5 Å². The molecule has 2 N–H and O–H groups in total. The first-order valence-electron chi connectivity index (χ1n) is 21.1. The van der Waals surface area contributed by atoms with E-state index < -0.39 is 0 Å². The average molecular weight is 1000 g/mol. The van der Waals surface area contributed by atoms with Crippen LogP contribution >= 0.6 is 62.3 Å². The number of benzene rings is 2. The fourth-order valence-corrected chi connectivity index (χ4v) is 10.2. The molecule has 6 aromatic rings. The lowest BCUT2D eigenvalue weighted by Gasteiger charge is -2.38. The van der Waals surface area contributed by atoms with Gasteiger partial charge < -0.3 is 25.0 Å². The molecule has 4 unspecified atom stereocenters. The molecule has 332 valence electrons. The minimum absolute atomic E-state index is 0.390. The molecule has 2 aromatic carbocycles. The van der Waals surface area contributed by atoms with Crippen LogP contribution in [0, 0.1) is 29.6 Å². The van der Waals surface area contributed by atoms with Crippen LogP contribution in [0.25, 0.3) is 0 Å². The maximum atomic E-state index is 6.17. The molecule has 0 spiro atoms. The van der Waals surface area contributed by atoms with Crippen LogP contribution in [-0.4, -0.2) is 82.1 Å². The van der Waals surface area contributed by atoms with E-state index in [9.17, 15) is 0 Å². The molecular weight excluding hydrogens is 952 g/mol. The minimum atomic E-state index is 0.390. The molecule has 0 amide bonds. The van der Waals surface area contributed by atoms with Crippen molar-refractivity contribution in [2.75, 3.05) is 36.0 Å². The number of halogens is 5. The van der Waals surface area contributed by atoms with Gasteiger partial charge in [-0.1, -0.05) is 58.5 Å². The Bertz CT molecular complexity index is 2450.